The summed E-state index contributed by atoms with van der Waals surface area (Å²) in [5.41, 5.74) is 2.60. The van der Waals surface area contributed by atoms with E-state index in [1.807, 2.05) is 72.8 Å². The lowest BCUT2D eigenvalue weighted by Crippen LogP contribution is -1.95. The molecule has 0 spiro atoms. The van der Waals surface area contributed by atoms with Crippen molar-refractivity contribution in [2.75, 3.05) is 5.12 Å². The van der Waals surface area contributed by atoms with Gasteiger partial charge in [0, 0.05) is 5.56 Å². The van der Waals surface area contributed by atoms with E-state index in [-0.39, 0.29) is 5.78 Å². The fourth-order valence-corrected chi connectivity index (χ4v) is 2.54. The number of fused-ring (bicyclic) bond motifs is 1. The average molecular weight is 299 g/mol. The van der Waals surface area contributed by atoms with Crippen LogP contribution in [0.3, 0.4) is 0 Å². The van der Waals surface area contributed by atoms with Gasteiger partial charge in [0.05, 0.1) is 5.69 Å². The molecule has 4 nitrogen and oxygen atoms in total. The molecule has 0 aliphatic carbocycles. The number of hydrogen-bond acceptors (Lipinski definition) is 4. The third-order valence-corrected chi connectivity index (χ3v) is 3.79. The molecule has 110 valence electrons. The lowest BCUT2D eigenvalue weighted by molar-refractivity contribution is 0.104. The summed E-state index contributed by atoms with van der Waals surface area (Å²) in [5.74, 6) is 0.00168. The van der Waals surface area contributed by atoms with Gasteiger partial charge in [-0.3, -0.25) is 4.79 Å². The monoisotopic (exact) mass is 299 g/mol. The number of carbonyl (C=O) groups excluding carboxylic acids is 1. The third kappa shape index (κ3) is 2.74. The Morgan fingerprint density at radius 1 is 0.870 bits per heavy atom. The second kappa shape index (κ2) is 5.50. The number of nitrogens with zero attached hydrogens (tertiary/aromatic N) is 3. The van der Waals surface area contributed by atoms with Crippen molar-refractivity contribution in [2.24, 2.45) is 10.4 Å². The number of carbonyl (C=O) groups is 1. The maximum Gasteiger partial charge on any atom is 0.186 e. The van der Waals surface area contributed by atoms with E-state index in [2.05, 4.69) is 10.4 Å². The highest BCUT2D eigenvalue weighted by atomic mass is 16.1. The number of rotatable bonds is 4. The first kappa shape index (κ1) is 13.4. The van der Waals surface area contributed by atoms with Crippen LogP contribution in [0.15, 0.2) is 83.3 Å². The quantitative estimate of drug-likeness (QED) is 0.511. The van der Waals surface area contributed by atoms with Crippen molar-refractivity contribution in [3.8, 4) is 0 Å². The Balaban J connectivity index is 1.58. The Morgan fingerprint density at radius 2 is 1.61 bits per heavy atom. The van der Waals surface area contributed by atoms with Crippen molar-refractivity contribution >= 4 is 28.3 Å². The molecule has 1 heterocycles. The van der Waals surface area contributed by atoms with Crippen LogP contribution >= 0.6 is 0 Å². The molecule has 0 bridgehead atoms. The third-order valence-electron chi connectivity index (χ3n) is 3.79. The molecule has 0 unspecified atom stereocenters. The molecule has 0 N–H and O–H groups in total. The number of benzene rings is 3. The zero-order chi connectivity index (χ0) is 15.6. The first-order chi connectivity index (χ1) is 11.3. The van der Waals surface area contributed by atoms with E-state index in [0.29, 0.717) is 0 Å². The number of hydrogen-bond donors (Lipinski definition) is 0. The van der Waals surface area contributed by atoms with Gasteiger partial charge in [0.2, 0.25) is 0 Å². The van der Waals surface area contributed by atoms with Gasteiger partial charge in [-0.2, -0.15) is 0 Å². The van der Waals surface area contributed by atoms with E-state index in [9.17, 15) is 4.79 Å². The molecule has 1 aliphatic heterocycles. The normalized spacial score (nSPS) is 13.0. The second-order valence-corrected chi connectivity index (χ2v) is 5.28. The maximum atomic E-state index is 12.5. The molecule has 0 atom stereocenters. The van der Waals surface area contributed by atoms with Crippen LogP contribution in [0, 0.1) is 0 Å². The minimum Gasteiger partial charge on any atom is -0.289 e. The smallest absolute Gasteiger partial charge is 0.186 e. The molecule has 3 aromatic rings. The highest BCUT2D eigenvalue weighted by Crippen LogP contribution is 2.24. The van der Waals surface area contributed by atoms with Gasteiger partial charge in [0.1, 0.15) is 0 Å². The Hall–Kier alpha value is -3.27. The summed E-state index contributed by atoms with van der Waals surface area (Å²) >= 11 is 0. The molecule has 0 aromatic heterocycles. The predicted molar refractivity (Wildman–Crippen MR) is 91.1 cm³/mol. The largest absolute Gasteiger partial charge is 0.289 e. The van der Waals surface area contributed by atoms with Crippen LogP contribution < -0.4 is 5.12 Å². The van der Waals surface area contributed by atoms with Crippen molar-refractivity contribution in [3.05, 3.63) is 83.9 Å². The van der Waals surface area contributed by atoms with Gasteiger partial charge in [-0.25, -0.2) is 0 Å². The fraction of sp³-hybridized carbons (Fsp3) is 0. The van der Waals surface area contributed by atoms with Crippen LogP contribution in [0.5, 0.6) is 0 Å². The summed E-state index contributed by atoms with van der Waals surface area (Å²) in [6.07, 6.45) is 3.44. The topological polar surface area (TPSA) is 44.8 Å². The molecule has 4 heteroatoms. The van der Waals surface area contributed by atoms with Crippen molar-refractivity contribution in [2.45, 2.75) is 0 Å². The van der Waals surface area contributed by atoms with E-state index in [0.717, 1.165) is 27.6 Å². The van der Waals surface area contributed by atoms with E-state index in [1.165, 1.54) is 0 Å². The van der Waals surface area contributed by atoms with Crippen molar-refractivity contribution in [3.63, 3.8) is 0 Å². The van der Waals surface area contributed by atoms with Crippen LogP contribution in [0.1, 0.15) is 15.9 Å². The van der Waals surface area contributed by atoms with Crippen molar-refractivity contribution in [1.82, 2.24) is 0 Å². The standard InChI is InChI=1S/C19H13N3O/c23-19(18-7-3-5-15-4-1-2-6-17(15)18)13-10-14-8-11-16(12-9-14)22-20-21-22/h1-13H. The molecule has 3 aromatic carbocycles. The first-order valence-corrected chi connectivity index (χ1v) is 7.33. The van der Waals surface area contributed by atoms with Gasteiger partial charge in [0.15, 0.2) is 5.78 Å². The summed E-state index contributed by atoms with van der Waals surface area (Å²) in [4.78, 5) is 12.5. The molecular formula is C19H13N3O. The molecule has 4 rings (SSSR count). The summed E-state index contributed by atoms with van der Waals surface area (Å²) < 4.78 is 0. The van der Waals surface area contributed by atoms with Crippen molar-refractivity contribution < 1.29 is 4.79 Å². The van der Waals surface area contributed by atoms with E-state index in [1.54, 1.807) is 11.2 Å². The first-order valence-electron chi connectivity index (χ1n) is 7.33. The molecule has 23 heavy (non-hydrogen) atoms. The second-order valence-electron chi connectivity index (χ2n) is 5.28. The zero-order valence-electron chi connectivity index (χ0n) is 12.3. The molecule has 0 saturated heterocycles. The fourth-order valence-electron chi connectivity index (χ4n) is 2.54. The highest BCUT2D eigenvalue weighted by molar-refractivity contribution is 6.14. The van der Waals surface area contributed by atoms with Crippen LogP contribution in [0.4, 0.5) is 5.69 Å². The Bertz CT molecular complexity index is 931. The van der Waals surface area contributed by atoms with E-state index >= 15 is 0 Å². The summed E-state index contributed by atoms with van der Waals surface area (Å²) in [6, 6.07) is 21.4. The minimum atomic E-state index is 0.00168. The Morgan fingerprint density at radius 3 is 2.39 bits per heavy atom. The molecule has 0 amide bonds. The molecule has 0 fully saturated rings. The van der Waals surface area contributed by atoms with Gasteiger partial charge in [0.25, 0.3) is 0 Å². The lowest BCUT2D eigenvalue weighted by Gasteiger charge is -2.03. The summed E-state index contributed by atoms with van der Waals surface area (Å²) in [7, 11) is 0. The average Bonchev–Trinajstić information content (AvgIpc) is 3.45. The van der Waals surface area contributed by atoms with Crippen LogP contribution in [0.25, 0.3) is 16.8 Å². The van der Waals surface area contributed by atoms with Gasteiger partial charge >= 0.3 is 0 Å². The molecule has 0 saturated carbocycles. The predicted octanol–water partition coefficient (Wildman–Crippen LogP) is 4.84. The molecule has 1 aliphatic rings. The molecule has 0 radical (unpaired) electrons. The van der Waals surface area contributed by atoms with Gasteiger partial charge in [-0.05, 0) is 45.0 Å². The SMILES string of the molecule is O=C(C=Cc1ccc(N2N=N2)cc1)c1cccc2ccccc12. The van der Waals surface area contributed by atoms with Gasteiger partial charge in [-0.15, -0.1) is 5.12 Å². The van der Waals surface area contributed by atoms with Crippen LogP contribution in [-0.4, -0.2) is 5.78 Å². The van der Waals surface area contributed by atoms with E-state index in [4.69, 9.17) is 0 Å². The van der Waals surface area contributed by atoms with Crippen LogP contribution in [-0.2, 0) is 0 Å². The maximum absolute atomic E-state index is 12.5. The number of anilines is 1. The Kier molecular flexibility index (Phi) is 3.20. The minimum absolute atomic E-state index is 0.00168. The van der Waals surface area contributed by atoms with Crippen LogP contribution in [0.2, 0.25) is 0 Å². The highest BCUT2D eigenvalue weighted by Gasteiger charge is 2.12. The zero-order valence-corrected chi connectivity index (χ0v) is 12.3. The summed E-state index contributed by atoms with van der Waals surface area (Å²) in [5, 5.41) is 11.1. The lowest BCUT2D eigenvalue weighted by atomic mass is 10.0. The number of ketones is 1. The number of allylic oxidation sites excluding steroid dienone is 1. The Labute approximate surface area is 133 Å². The summed E-state index contributed by atoms with van der Waals surface area (Å²) in [6.45, 7) is 0. The van der Waals surface area contributed by atoms with E-state index < -0.39 is 0 Å². The van der Waals surface area contributed by atoms with Crippen molar-refractivity contribution in [1.29, 1.82) is 0 Å². The van der Waals surface area contributed by atoms with Gasteiger partial charge < -0.3 is 0 Å². The van der Waals surface area contributed by atoms with Gasteiger partial charge in [-0.1, -0.05) is 60.7 Å². The molecular weight excluding hydrogens is 286 g/mol.